The van der Waals surface area contributed by atoms with Crippen molar-refractivity contribution in [3.05, 3.63) is 89.5 Å². The lowest BCUT2D eigenvalue weighted by molar-refractivity contribution is 0.0985. The lowest BCUT2D eigenvalue weighted by atomic mass is 10.1. The first-order valence-corrected chi connectivity index (χ1v) is 13.8. The molecule has 0 N–H and O–H groups in total. The molecule has 3 aromatic carbocycles. The average molecular weight is 508 g/mol. The van der Waals surface area contributed by atoms with E-state index in [4.69, 9.17) is 4.98 Å². The zero-order chi connectivity index (χ0) is 25.0. The quantitative estimate of drug-likeness (QED) is 0.284. The van der Waals surface area contributed by atoms with Crippen LogP contribution in [0.25, 0.3) is 10.2 Å². The van der Waals surface area contributed by atoms with Crippen LogP contribution in [0.4, 0.5) is 5.13 Å². The molecule has 0 aliphatic rings. The van der Waals surface area contributed by atoms with Crippen LogP contribution in [-0.4, -0.2) is 37.2 Å². The average Bonchev–Trinajstić information content (AvgIpc) is 3.31. The number of hydrogen-bond donors (Lipinski definition) is 0. The standard InChI is InChI=1S/C27H29N3O3S2/c1-4-5-18-29(3)35(32,33)23-16-14-22(15-17-23)26(31)30(19-21-11-7-6-8-12-21)27-28-25-20(2)10-9-13-24(25)34-27/h6-17H,4-5,18-19H2,1-3H3. The molecule has 0 radical (unpaired) electrons. The predicted octanol–water partition coefficient (Wildman–Crippen LogP) is 5.87. The highest BCUT2D eigenvalue weighted by atomic mass is 32.2. The van der Waals surface area contributed by atoms with E-state index in [0.29, 0.717) is 23.8 Å². The van der Waals surface area contributed by atoms with E-state index in [1.165, 1.54) is 27.8 Å². The van der Waals surface area contributed by atoms with Gasteiger partial charge in [0.2, 0.25) is 10.0 Å². The van der Waals surface area contributed by atoms with Gasteiger partial charge >= 0.3 is 0 Å². The van der Waals surface area contributed by atoms with Crippen LogP contribution < -0.4 is 4.90 Å². The van der Waals surface area contributed by atoms with Crippen LogP contribution >= 0.6 is 11.3 Å². The van der Waals surface area contributed by atoms with Gasteiger partial charge < -0.3 is 0 Å². The topological polar surface area (TPSA) is 70.6 Å². The van der Waals surface area contributed by atoms with Crippen LogP contribution in [0.15, 0.2) is 77.7 Å². The fraction of sp³-hybridized carbons (Fsp3) is 0.259. The second-order valence-electron chi connectivity index (χ2n) is 8.50. The number of rotatable bonds is 9. The van der Waals surface area contributed by atoms with Crippen LogP contribution in [0.1, 0.15) is 41.3 Å². The Labute approximate surface area is 210 Å². The van der Waals surface area contributed by atoms with Gasteiger partial charge in [-0.25, -0.2) is 17.7 Å². The SMILES string of the molecule is CCCCN(C)S(=O)(=O)c1ccc(C(=O)N(Cc2ccccc2)c2nc3c(C)cccc3s2)cc1. The third kappa shape index (κ3) is 5.45. The summed E-state index contributed by atoms with van der Waals surface area (Å²) in [6, 6.07) is 21.9. The molecular weight excluding hydrogens is 478 g/mol. The molecule has 0 aliphatic heterocycles. The Morgan fingerprint density at radius 1 is 0.971 bits per heavy atom. The smallest absolute Gasteiger partial charge is 0.260 e. The summed E-state index contributed by atoms with van der Waals surface area (Å²) in [5.41, 5.74) is 3.33. The largest absolute Gasteiger partial charge is 0.279 e. The van der Waals surface area contributed by atoms with Gasteiger partial charge in [0.25, 0.3) is 5.91 Å². The van der Waals surface area contributed by atoms with Gasteiger partial charge in [-0.15, -0.1) is 0 Å². The summed E-state index contributed by atoms with van der Waals surface area (Å²) in [6.45, 7) is 4.85. The molecule has 6 nitrogen and oxygen atoms in total. The molecule has 0 saturated carbocycles. The number of anilines is 1. The van der Waals surface area contributed by atoms with Crippen molar-refractivity contribution < 1.29 is 13.2 Å². The number of carbonyl (C=O) groups is 1. The zero-order valence-electron chi connectivity index (χ0n) is 20.1. The Morgan fingerprint density at radius 2 is 1.69 bits per heavy atom. The normalized spacial score (nSPS) is 11.8. The number of hydrogen-bond acceptors (Lipinski definition) is 5. The van der Waals surface area contributed by atoms with Crippen LogP contribution in [0, 0.1) is 6.92 Å². The van der Waals surface area contributed by atoms with E-state index in [-0.39, 0.29) is 10.8 Å². The summed E-state index contributed by atoms with van der Waals surface area (Å²) >= 11 is 1.47. The van der Waals surface area contributed by atoms with Crippen molar-refractivity contribution in [3.63, 3.8) is 0 Å². The number of unbranched alkanes of at least 4 members (excludes halogenated alkanes) is 1. The number of thiazole rings is 1. The van der Waals surface area contributed by atoms with E-state index in [1.807, 2.05) is 62.4 Å². The summed E-state index contributed by atoms with van der Waals surface area (Å²) < 4.78 is 28.1. The number of fused-ring (bicyclic) bond motifs is 1. The minimum Gasteiger partial charge on any atom is -0.279 e. The maximum absolute atomic E-state index is 13.7. The van der Waals surface area contributed by atoms with Crippen molar-refractivity contribution in [2.24, 2.45) is 0 Å². The Kier molecular flexibility index (Phi) is 7.64. The maximum atomic E-state index is 13.7. The summed E-state index contributed by atoms with van der Waals surface area (Å²) in [6.07, 6.45) is 1.71. The Hall–Kier alpha value is -3.07. The van der Waals surface area contributed by atoms with E-state index in [2.05, 4.69) is 0 Å². The molecule has 35 heavy (non-hydrogen) atoms. The second-order valence-corrected chi connectivity index (χ2v) is 11.6. The van der Waals surface area contributed by atoms with E-state index >= 15 is 0 Å². The molecule has 0 atom stereocenters. The molecule has 1 aromatic heterocycles. The molecule has 0 unspecified atom stereocenters. The van der Waals surface area contributed by atoms with Gasteiger partial charge in [-0.2, -0.15) is 0 Å². The first-order chi connectivity index (χ1) is 16.8. The summed E-state index contributed by atoms with van der Waals surface area (Å²) in [5, 5.41) is 0.610. The molecule has 0 saturated heterocycles. The zero-order valence-corrected chi connectivity index (χ0v) is 21.8. The molecule has 1 heterocycles. The van der Waals surface area contributed by atoms with E-state index in [9.17, 15) is 13.2 Å². The minimum absolute atomic E-state index is 0.179. The molecule has 8 heteroatoms. The van der Waals surface area contributed by atoms with Gasteiger partial charge in [0.1, 0.15) is 0 Å². The Bertz CT molecular complexity index is 1420. The van der Waals surface area contributed by atoms with Gasteiger partial charge in [0, 0.05) is 19.2 Å². The fourth-order valence-corrected chi connectivity index (χ4v) is 6.04. The van der Waals surface area contributed by atoms with E-state index < -0.39 is 10.0 Å². The molecule has 0 fully saturated rings. The number of sulfonamides is 1. The second kappa shape index (κ2) is 10.7. The fourth-order valence-electron chi connectivity index (χ4n) is 3.79. The molecule has 0 spiro atoms. The summed E-state index contributed by atoms with van der Waals surface area (Å²) in [5.74, 6) is -0.228. The highest BCUT2D eigenvalue weighted by Gasteiger charge is 2.24. The van der Waals surface area contributed by atoms with Crippen LogP contribution in [0.5, 0.6) is 0 Å². The first kappa shape index (κ1) is 25.0. The van der Waals surface area contributed by atoms with Crippen LogP contribution in [0.3, 0.4) is 0 Å². The maximum Gasteiger partial charge on any atom is 0.260 e. The van der Waals surface area contributed by atoms with Crippen molar-refractivity contribution in [1.82, 2.24) is 9.29 Å². The number of carbonyl (C=O) groups excluding carboxylic acids is 1. The van der Waals surface area contributed by atoms with Crippen molar-refractivity contribution in [2.75, 3.05) is 18.5 Å². The highest BCUT2D eigenvalue weighted by molar-refractivity contribution is 7.89. The Morgan fingerprint density at radius 3 is 2.34 bits per heavy atom. The molecule has 4 aromatic rings. The molecule has 1 amide bonds. The monoisotopic (exact) mass is 507 g/mol. The van der Waals surface area contributed by atoms with Crippen molar-refractivity contribution in [3.8, 4) is 0 Å². The lowest BCUT2D eigenvalue weighted by Crippen LogP contribution is -2.30. The van der Waals surface area contributed by atoms with Gasteiger partial charge in [-0.1, -0.05) is 67.1 Å². The van der Waals surface area contributed by atoms with Crippen molar-refractivity contribution >= 4 is 42.6 Å². The highest BCUT2D eigenvalue weighted by Crippen LogP contribution is 2.32. The Balaban J connectivity index is 1.67. The van der Waals surface area contributed by atoms with Gasteiger partial charge in [-0.3, -0.25) is 9.69 Å². The van der Waals surface area contributed by atoms with Gasteiger partial charge in [-0.05, 0) is 54.8 Å². The number of aromatic nitrogens is 1. The number of benzene rings is 3. The molecule has 4 rings (SSSR count). The summed E-state index contributed by atoms with van der Waals surface area (Å²) in [4.78, 5) is 20.3. The summed E-state index contributed by atoms with van der Waals surface area (Å²) in [7, 11) is -2.01. The van der Waals surface area contributed by atoms with Crippen LogP contribution in [0.2, 0.25) is 0 Å². The number of para-hydroxylation sites is 1. The molecule has 0 bridgehead atoms. The number of aryl methyl sites for hydroxylation is 1. The number of nitrogens with zero attached hydrogens (tertiary/aromatic N) is 3. The van der Waals surface area contributed by atoms with Crippen molar-refractivity contribution in [1.29, 1.82) is 0 Å². The lowest BCUT2D eigenvalue weighted by Gasteiger charge is -2.21. The third-order valence-electron chi connectivity index (χ3n) is 5.91. The molecular formula is C27H29N3O3S2. The molecule has 0 aliphatic carbocycles. The molecule has 182 valence electrons. The van der Waals surface area contributed by atoms with Gasteiger partial charge in [0.05, 0.1) is 21.7 Å². The number of amides is 1. The van der Waals surface area contributed by atoms with E-state index in [1.54, 1.807) is 24.1 Å². The predicted molar refractivity (Wildman–Crippen MR) is 142 cm³/mol. The van der Waals surface area contributed by atoms with E-state index in [0.717, 1.165) is 34.2 Å². The first-order valence-electron chi connectivity index (χ1n) is 11.6. The van der Waals surface area contributed by atoms with Crippen LogP contribution in [-0.2, 0) is 16.6 Å². The van der Waals surface area contributed by atoms with Gasteiger partial charge in [0.15, 0.2) is 5.13 Å². The van der Waals surface area contributed by atoms with Crippen molar-refractivity contribution in [2.45, 2.75) is 38.1 Å². The minimum atomic E-state index is -3.60. The third-order valence-corrected chi connectivity index (χ3v) is 8.82.